The lowest BCUT2D eigenvalue weighted by molar-refractivity contribution is -0.110. The molecule has 1 saturated carbocycles. The van der Waals surface area contributed by atoms with Gasteiger partial charge >= 0.3 is 0 Å². The Bertz CT molecular complexity index is 327. The van der Waals surface area contributed by atoms with E-state index in [1.165, 1.54) is 19.3 Å². The normalized spacial score (nSPS) is 31.4. The summed E-state index contributed by atoms with van der Waals surface area (Å²) in [6, 6.07) is 0. The summed E-state index contributed by atoms with van der Waals surface area (Å²) in [5, 5.41) is 11.2. The Hall–Kier alpha value is -0.0400. The zero-order valence-electron chi connectivity index (χ0n) is 16.8. The summed E-state index contributed by atoms with van der Waals surface area (Å²) in [6.45, 7) is 21.2. The van der Waals surface area contributed by atoms with E-state index in [1.54, 1.807) is 0 Å². The summed E-state index contributed by atoms with van der Waals surface area (Å²) < 4.78 is 0. The summed E-state index contributed by atoms with van der Waals surface area (Å²) in [4.78, 5) is 0. The molecule has 0 saturated heterocycles. The van der Waals surface area contributed by atoms with E-state index in [4.69, 9.17) is 0 Å². The van der Waals surface area contributed by atoms with Gasteiger partial charge in [-0.2, -0.15) is 0 Å². The van der Waals surface area contributed by atoms with Crippen LogP contribution >= 0.6 is 0 Å². The molecule has 1 aliphatic rings. The van der Waals surface area contributed by atoms with Crippen molar-refractivity contribution in [3.05, 3.63) is 0 Å². The first-order valence-corrected chi connectivity index (χ1v) is 9.61. The van der Waals surface area contributed by atoms with Gasteiger partial charge in [-0.3, -0.25) is 0 Å². The fourth-order valence-electron chi connectivity index (χ4n) is 4.28. The smallest absolute Gasteiger partial charge is 0.0606 e. The van der Waals surface area contributed by atoms with Crippen molar-refractivity contribution in [1.82, 2.24) is 0 Å². The lowest BCUT2D eigenvalue weighted by Gasteiger charge is -2.54. The average molecular weight is 311 g/mol. The number of hydrogen-bond donors (Lipinski definition) is 1. The number of aliphatic hydroxyl groups excluding tert-OH is 1. The van der Waals surface area contributed by atoms with E-state index >= 15 is 0 Å². The molecule has 0 aromatic heterocycles. The van der Waals surface area contributed by atoms with Crippen molar-refractivity contribution in [2.75, 3.05) is 0 Å². The second-order valence-corrected chi connectivity index (χ2v) is 9.90. The van der Waals surface area contributed by atoms with E-state index in [0.29, 0.717) is 17.3 Å². The van der Waals surface area contributed by atoms with Crippen LogP contribution in [-0.4, -0.2) is 11.2 Å². The molecule has 1 nitrogen and oxygen atoms in total. The highest BCUT2D eigenvalue weighted by atomic mass is 16.3. The van der Waals surface area contributed by atoms with Gasteiger partial charge in [0.05, 0.1) is 6.10 Å². The Balaban J connectivity index is 3.19. The maximum absolute atomic E-state index is 11.2. The van der Waals surface area contributed by atoms with Crippen molar-refractivity contribution in [2.45, 2.75) is 101 Å². The lowest BCUT2D eigenvalue weighted by Crippen LogP contribution is -2.51. The minimum absolute atomic E-state index is 0.145. The molecule has 132 valence electrons. The number of aliphatic hydroxyl groups is 1. The van der Waals surface area contributed by atoms with Gasteiger partial charge < -0.3 is 5.11 Å². The van der Waals surface area contributed by atoms with Crippen molar-refractivity contribution in [1.29, 1.82) is 0 Å². The summed E-state index contributed by atoms with van der Waals surface area (Å²) in [6.07, 6.45) is 5.76. The molecular weight excluding hydrogens is 268 g/mol. The van der Waals surface area contributed by atoms with Crippen molar-refractivity contribution in [3.8, 4) is 0 Å². The van der Waals surface area contributed by atoms with Crippen LogP contribution in [0.15, 0.2) is 0 Å². The van der Waals surface area contributed by atoms with E-state index in [2.05, 4.69) is 62.3 Å². The monoisotopic (exact) mass is 310 g/mol. The molecule has 0 aromatic carbocycles. The molecule has 0 spiro atoms. The van der Waals surface area contributed by atoms with Crippen LogP contribution in [0.1, 0.15) is 94.4 Å². The molecule has 1 fully saturated rings. The second kappa shape index (κ2) is 6.83. The van der Waals surface area contributed by atoms with Crippen molar-refractivity contribution in [2.24, 2.45) is 34.0 Å². The third kappa shape index (κ3) is 3.89. The minimum Gasteiger partial charge on any atom is -0.393 e. The SMILES string of the molecule is CCC(C)(C)C1CC(C(C)(C)CC)C(O)C(C(C)(C)CC)C1. The first-order chi connectivity index (χ1) is 9.93. The van der Waals surface area contributed by atoms with Crippen molar-refractivity contribution >= 4 is 0 Å². The van der Waals surface area contributed by atoms with Crippen molar-refractivity contribution in [3.63, 3.8) is 0 Å². The van der Waals surface area contributed by atoms with Crippen LogP contribution < -0.4 is 0 Å². The summed E-state index contributed by atoms with van der Waals surface area (Å²) in [5.41, 5.74) is 0.832. The Morgan fingerprint density at radius 2 is 1.00 bits per heavy atom. The molecule has 0 radical (unpaired) electrons. The van der Waals surface area contributed by atoms with E-state index in [1.807, 2.05) is 0 Å². The molecule has 0 amide bonds. The van der Waals surface area contributed by atoms with Gasteiger partial charge in [0.25, 0.3) is 0 Å². The van der Waals surface area contributed by atoms with Gasteiger partial charge in [-0.1, -0.05) is 81.6 Å². The van der Waals surface area contributed by atoms with Crippen LogP contribution in [0.2, 0.25) is 0 Å². The first-order valence-electron chi connectivity index (χ1n) is 9.61. The van der Waals surface area contributed by atoms with E-state index in [0.717, 1.165) is 18.8 Å². The van der Waals surface area contributed by atoms with Gasteiger partial charge in [-0.15, -0.1) is 0 Å². The fraction of sp³-hybridized carbons (Fsp3) is 1.00. The highest BCUT2D eigenvalue weighted by Crippen LogP contribution is 2.54. The van der Waals surface area contributed by atoms with E-state index < -0.39 is 0 Å². The second-order valence-electron chi connectivity index (χ2n) is 9.90. The number of rotatable bonds is 6. The molecule has 0 heterocycles. The Kier molecular flexibility index (Phi) is 6.21. The zero-order valence-corrected chi connectivity index (χ0v) is 16.8. The molecule has 2 atom stereocenters. The molecule has 2 unspecified atom stereocenters. The van der Waals surface area contributed by atoms with Gasteiger partial charge in [-0.25, -0.2) is 0 Å². The topological polar surface area (TPSA) is 20.2 Å². The van der Waals surface area contributed by atoms with Gasteiger partial charge in [0, 0.05) is 0 Å². The van der Waals surface area contributed by atoms with Crippen LogP contribution in [0, 0.1) is 34.0 Å². The minimum atomic E-state index is -0.145. The highest BCUT2D eigenvalue weighted by Gasteiger charge is 2.49. The average Bonchev–Trinajstić information content (AvgIpc) is 2.46. The van der Waals surface area contributed by atoms with Crippen LogP contribution in [0.25, 0.3) is 0 Å². The fourth-order valence-corrected chi connectivity index (χ4v) is 4.28. The Labute approximate surface area is 140 Å². The van der Waals surface area contributed by atoms with Crippen molar-refractivity contribution < 1.29 is 5.11 Å². The molecule has 22 heavy (non-hydrogen) atoms. The first kappa shape index (κ1) is 20.0. The molecule has 0 bridgehead atoms. The lowest BCUT2D eigenvalue weighted by atomic mass is 9.53. The van der Waals surface area contributed by atoms with E-state index in [-0.39, 0.29) is 16.9 Å². The summed E-state index contributed by atoms with van der Waals surface area (Å²) in [7, 11) is 0. The standard InChI is InChI=1S/C21H42O/c1-10-19(4,5)15-13-16(20(6,7)11-2)18(22)17(14-15)21(8,9)12-3/h15-18,22H,10-14H2,1-9H3. The zero-order chi connectivity index (χ0) is 17.3. The van der Waals surface area contributed by atoms with Crippen LogP contribution in [0.4, 0.5) is 0 Å². The maximum Gasteiger partial charge on any atom is 0.0606 e. The Morgan fingerprint density at radius 1 is 0.682 bits per heavy atom. The van der Waals surface area contributed by atoms with Crippen LogP contribution in [0.5, 0.6) is 0 Å². The molecule has 0 aliphatic heterocycles. The molecule has 1 aliphatic carbocycles. The largest absolute Gasteiger partial charge is 0.393 e. The van der Waals surface area contributed by atoms with E-state index in [9.17, 15) is 5.11 Å². The third-order valence-electron chi connectivity index (χ3n) is 7.75. The summed E-state index contributed by atoms with van der Waals surface area (Å²) in [5.74, 6) is 1.59. The number of hydrogen-bond acceptors (Lipinski definition) is 1. The molecular formula is C21H42O. The molecule has 1 N–H and O–H groups in total. The van der Waals surface area contributed by atoms with Gasteiger partial charge in [0.15, 0.2) is 0 Å². The van der Waals surface area contributed by atoms with Gasteiger partial charge in [-0.05, 0) is 46.8 Å². The predicted molar refractivity (Wildman–Crippen MR) is 97.9 cm³/mol. The van der Waals surface area contributed by atoms with Crippen LogP contribution in [0.3, 0.4) is 0 Å². The highest BCUT2D eigenvalue weighted by molar-refractivity contribution is 4.99. The summed E-state index contributed by atoms with van der Waals surface area (Å²) >= 11 is 0. The predicted octanol–water partition coefficient (Wildman–Crippen LogP) is 6.30. The quantitative estimate of drug-likeness (QED) is 0.610. The third-order valence-corrected chi connectivity index (χ3v) is 7.75. The van der Waals surface area contributed by atoms with Gasteiger partial charge in [0.1, 0.15) is 0 Å². The van der Waals surface area contributed by atoms with Gasteiger partial charge in [0.2, 0.25) is 0 Å². The molecule has 1 rings (SSSR count). The molecule has 1 heteroatoms. The Morgan fingerprint density at radius 3 is 1.27 bits per heavy atom. The maximum atomic E-state index is 11.2. The van der Waals surface area contributed by atoms with Crippen LogP contribution in [-0.2, 0) is 0 Å². The molecule has 0 aromatic rings.